The first-order valence-electron chi connectivity index (χ1n) is 7.45. The highest BCUT2D eigenvalue weighted by molar-refractivity contribution is 7.22. The number of nitrogens with one attached hydrogen (secondary N) is 1. The number of fused-ring (bicyclic) bond motifs is 1. The third-order valence-corrected chi connectivity index (χ3v) is 4.71. The summed E-state index contributed by atoms with van der Waals surface area (Å²) in [5, 5.41) is 3.59. The molecule has 0 saturated heterocycles. The molecular formula is C16H23N3OS. The summed E-state index contributed by atoms with van der Waals surface area (Å²) < 4.78 is 1.09. The number of carbonyl (C=O) groups is 1. The topological polar surface area (TPSA) is 68.0 Å². The number of benzene rings is 1. The van der Waals surface area contributed by atoms with E-state index in [-0.39, 0.29) is 5.91 Å². The summed E-state index contributed by atoms with van der Waals surface area (Å²) in [7, 11) is 0. The molecule has 0 saturated carbocycles. The van der Waals surface area contributed by atoms with Gasteiger partial charge < -0.3 is 11.1 Å². The molecule has 21 heavy (non-hydrogen) atoms. The van der Waals surface area contributed by atoms with Crippen LogP contribution in [0.25, 0.3) is 10.2 Å². The predicted molar refractivity (Wildman–Crippen MR) is 89.5 cm³/mol. The van der Waals surface area contributed by atoms with Crippen LogP contribution in [0.3, 0.4) is 0 Å². The smallest absolute Gasteiger partial charge is 0.226 e. The van der Waals surface area contributed by atoms with Crippen LogP contribution in [0.4, 0.5) is 5.13 Å². The van der Waals surface area contributed by atoms with Crippen LogP contribution in [0.1, 0.15) is 33.1 Å². The molecule has 114 valence electrons. The minimum absolute atomic E-state index is 0.0386. The van der Waals surface area contributed by atoms with Crippen molar-refractivity contribution < 1.29 is 4.79 Å². The highest BCUT2D eigenvalue weighted by Crippen LogP contribution is 2.26. The average molecular weight is 305 g/mol. The zero-order chi connectivity index (χ0) is 15.2. The van der Waals surface area contributed by atoms with Crippen LogP contribution in [0.15, 0.2) is 24.3 Å². The Morgan fingerprint density at radius 2 is 2.10 bits per heavy atom. The van der Waals surface area contributed by atoms with Gasteiger partial charge in [-0.3, -0.25) is 4.79 Å². The Labute approximate surface area is 129 Å². The molecule has 2 aromatic rings. The summed E-state index contributed by atoms with van der Waals surface area (Å²) in [5.74, 6) is 1.11. The fourth-order valence-electron chi connectivity index (χ4n) is 2.45. The molecule has 4 nitrogen and oxygen atoms in total. The zero-order valence-corrected chi connectivity index (χ0v) is 13.5. The maximum Gasteiger partial charge on any atom is 0.226 e. The van der Waals surface area contributed by atoms with Gasteiger partial charge in [0.1, 0.15) is 0 Å². The van der Waals surface area contributed by atoms with Crippen LogP contribution in [-0.2, 0) is 4.79 Å². The van der Waals surface area contributed by atoms with E-state index in [4.69, 9.17) is 5.73 Å². The molecule has 1 aromatic heterocycles. The molecule has 3 N–H and O–H groups in total. The van der Waals surface area contributed by atoms with Gasteiger partial charge in [-0.1, -0.05) is 37.3 Å². The van der Waals surface area contributed by atoms with E-state index < -0.39 is 0 Å². The lowest BCUT2D eigenvalue weighted by Crippen LogP contribution is -2.18. The third-order valence-electron chi connectivity index (χ3n) is 3.76. The fourth-order valence-corrected chi connectivity index (χ4v) is 3.33. The molecule has 0 aliphatic heterocycles. The number of amides is 1. The summed E-state index contributed by atoms with van der Waals surface area (Å²) in [6.45, 7) is 5.06. The number of hydrogen-bond donors (Lipinski definition) is 2. The Hall–Kier alpha value is -1.46. The monoisotopic (exact) mass is 305 g/mol. The van der Waals surface area contributed by atoms with E-state index in [2.05, 4.69) is 24.1 Å². The molecule has 1 aromatic carbocycles. The number of thiazole rings is 1. The molecule has 5 heteroatoms. The maximum absolute atomic E-state index is 12.0. The van der Waals surface area contributed by atoms with Crippen LogP contribution in [0, 0.1) is 11.8 Å². The number of rotatable bonds is 7. The molecule has 0 aliphatic carbocycles. The summed E-state index contributed by atoms with van der Waals surface area (Å²) in [5.41, 5.74) is 6.56. The van der Waals surface area contributed by atoms with Crippen LogP contribution >= 0.6 is 11.3 Å². The van der Waals surface area contributed by atoms with E-state index in [0.717, 1.165) is 23.1 Å². The average Bonchev–Trinajstić information content (AvgIpc) is 2.85. The summed E-state index contributed by atoms with van der Waals surface area (Å²) in [6.07, 6.45) is 2.39. The molecule has 0 aliphatic rings. The number of para-hydroxylation sites is 1. The van der Waals surface area contributed by atoms with Crippen molar-refractivity contribution in [1.29, 1.82) is 0 Å². The molecule has 0 radical (unpaired) electrons. The van der Waals surface area contributed by atoms with Crippen LogP contribution in [0.5, 0.6) is 0 Å². The number of hydrogen-bond acceptors (Lipinski definition) is 4. The van der Waals surface area contributed by atoms with Gasteiger partial charge in [0.15, 0.2) is 5.13 Å². The van der Waals surface area contributed by atoms with Gasteiger partial charge >= 0.3 is 0 Å². The second-order valence-electron chi connectivity index (χ2n) is 5.66. The maximum atomic E-state index is 12.0. The second-order valence-corrected chi connectivity index (χ2v) is 6.69. The van der Waals surface area contributed by atoms with Crippen molar-refractivity contribution in [3.8, 4) is 0 Å². The number of nitrogens with two attached hydrogens (primary N) is 1. The van der Waals surface area contributed by atoms with Crippen molar-refractivity contribution in [2.24, 2.45) is 17.6 Å². The molecule has 2 rings (SSSR count). The first-order chi connectivity index (χ1) is 10.1. The van der Waals surface area contributed by atoms with Gasteiger partial charge in [0.05, 0.1) is 10.2 Å². The van der Waals surface area contributed by atoms with Gasteiger partial charge in [0.25, 0.3) is 0 Å². The first-order valence-corrected chi connectivity index (χ1v) is 8.27. The molecule has 0 bridgehead atoms. The van der Waals surface area contributed by atoms with Crippen molar-refractivity contribution in [2.75, 3.05) is 11.9 Å². The molecule has 0 spiro atoms. The third kappa shape index (κ3) is 4.51. The Balaban J connectivity index is 1.89. The van der Waals surface area contributed by atoms with Gasteiger partial charge in [-0.25, -0.2) is 4.98 Å². The standard InChI is InChI=1S/C16H23N3OS/c1-11(2)12(9-10-17)7-8-15(20)19-16-18-13-5-3-4-6-14(13)21-16/h3-6,11-12H,7-10,17H2,1-2H3,(H,18,19,20). The van der Waals surface area contributed by atoms with Crippen molar-refractivity contribution in [1.82, 2.24) is 4.98 Å². The van der Waals surface area contributed by atoms with Crippen LogP contribution < -0.4 is 11.1 Å². The van der Waals surface area contributed by atoms with Crippen molar-refractivity contribution >= 4 is 32.6 Å². The predicted octanol–water partition coefficient (Wildman–Crippen LogP) is 3.64. The molecule has 1 heterocycles. The Kier molecular flexibility index (Phi) is 5.70. The lowest BCUT2D eigenvalue weighted by molar-refractivity contribution is -0.116. The molecular weight excluding hydrogens is 282 g/mol. The van der Waals surface area contributed by atoms with Crippen molar-refractivity contribution in [2.45, 2.75) is 33.1 Å². The Morgan fingerprint density at radius 1 is 1.33 bits per heavy atom. The summed E-state index contributed by atoms with van der Waals surface area (Å²) in [4.78, 5) is 16.5. The van der Waals surface area contributed by atoms with E-state index in [1.807, 2.05) is 24.3 Å². The molecule has 1 amide bonds. The van der Waals surface area contributed by atoms with Crippen molar-refractivity contribution in [3.05, 3.63) is 24.3 Å². The minimum Gasteiger partial charge on any atom is -0.330 e. The Morgan fingerprint density at radius 3 is 2.76 bits per heavy atom. The minimum atomic E-state index is 0.0386. The molecule has 1 unspecified atom stereocenters. The van der Waals surface area contributed by atoms with Crippen LogP contribution in [-0.4, -0.2) is 17.4 Å². The summed E-state index contributed by atoms with van der Waals surface area (Å²) in [6, 6.07) is 7.90. The lowest BCUT2D eigenvalue weighted by Gasteiger charge is -2.19. The summed E-state index contributed by atoms with van der Waals surface area (Å²) >= 11 is 1.51. The SMILES string of the molecule is CC(C)C(CCN)CCC(=O)Nc1nc2ccccc2s1. The van der Waals surface area contributed by atoms with Gasteiger partial charge in [-0.2, -0.15) is 0 Å². The van der Waals surface area contributed by atoms with Crippen LogP contribution in [0.2, 0.25) is 0 Å². The van der Waals surface area contributed by atoms with Gasteiger partial charge in [-0.15, -0.1) is 0 Å². The quantitative estimate of drug-likeness (QED) is 0.820. The van der Waals surface area contributed by atoms with Gasteiger partial charge in [-0.05, 0) is 43.4 Å². The van der Waals surface area contributed by atoms with Gasteiger partial charge in [0, 0.05) is 6.42 Å². The number of aromatic nitrogens is 1. The zero-order valence-electron chi connectivity index (χ0n) is 12.6. The van der Waals surface area contributed by atoms with E-state index in [0.29, 0.717) is 29.9 Å². The number of carbonyl (C=O) groups excluding carboxylic acids is 1. The van der Waals surface area contributed by atoms with Crippen molar-refractivity contribution in [3.63, 3.8) is 0 Å². The second kappa shape index (κ2) is 7.52. The highest BCUT2D eigenvalue weighted by atomic mass is 32.1. The first kappa shape index (κ1) is 15.9. The van der Waals surface area contributed by atoms with E-state index in [1.54, 1.807) is 0 Å². The highest BCUT2D eigenvalue weighted by Gasteiger charge is 2.15. The normalized spacial score (nSPS) is 12.8. The fraction of sp³-hybridized carbons (Fsp3) is 0.500. The lowest BCUT2D eigenvalue weighted by atomic mass is 9.88. The van der Waals surface area contributed by atoms with Gasteiger partial charge in [0.2, 0.25) is 5.91 Å². The molecule has 1 atom stereocenters. The number of nitrogens with zero attached hydrogens (tertiary/aromatic N) is 1. The van der Waals surface area contributed by atoms with E-state index in [1.165, 1.54) is 11.3 Å². The Bertz CT molecular complexity index is 561. The van der Waals surface area contributed by atoms with E-state index in [9.17, 15) is 4.79 Å². The van der Waals surface area contributed by atoms with E-state index >= 15 is 0 Å². The molecule has 0 fully saturated rings. The largest absolute Gasteiger partial charge is 0.330 e. The number of anilines is 1.